The number of H-pyrrole nitrogens is 1. The highest BCUT2D eigenvalue weighted by Crippen LogP contribution is 2.33. The van der Waals surface area contributed by atoms with Crippen molar-refractivity contribution in [2.45, 2.75) is 12.5 Å². The van der Waals surface area contributed by atoms with Crippen LogP contribution in [-0.4, -0.2) is 36.4 Å². The molecule has 1 aromatic carbocycles. The molecule has 1 aliphatic heterocycles. The summed E-state index contributed by atoms with van der Waals surface area (Å²) in [5.74, 6) is -0.927. The van der Waals surface area contributed by atoms with Crippen molar-refractivity contribution in [1.29, 1.82) is 0 Å². The standard InChI is InChI=1S/C16H18FN3O3/c1-22-13-4-2-3-12(14(13)17)16(21)18-7-10-5-6-23-15(10)11-8-19-20-9-11/h2-4,8-10,15H,5-7H2,1H3,(H,18,21)(H,19,20)/t10-,15+/m1/s1. The van der Waals surface area contributed by atoms with Gasteiger partial charge in [-0.3, -0.25) is 9.89 Å². The zero-order valence-electron chi connectivity index (χ0n) is 12.7. The fourth-order valence-electron chi connectivity index (χ4n) is 2.79. The maximum atomic E-state index is 14.1. The van der Waals surface area contributed by atoms with Crippen LogP contribution in [0.15, 0.2) is 30.6 Å². The van der Waals surface area contributed by atoms with Crippen molar-refractivity contribution in [3.05, 3.63) is 47.5 Å². The van der Waals surface area contributed by atoms with E-state index >= 15 is 0 Å². The van der Waals surface area contributed by atoms with Gasteiger partial charge in [0.15, 0.2) is 11.6 Å². The molecule has 0 radical (unpaired) electrons. The monoisotopic (exact) mass is 319 g/mol. The summed E-state index contributed by atoms with van der Waals surface area (Å²) in [5, 5.41) is 9.46. The van der Waals surface area contributed by atoms with Gasteiger partial charge in [-0.05, 0) is 18.6 Å². The van der Waals surface area contributed by atoms with Crippen LogP contribution < -0.4 is 10.1 Å². The second-order valence-electron chi connectivity index (χ2n) is 5.40. The molecule has 7 heteroatoms. The van der Waals surface area contributed by atoms with E-state index in [2.05, 4.69) is 15.5 Å². The first-order valence-corrected chi connectivity index (χ1v) is 7.41. The average Bonchev–Trinajstić information content (AvgIpc) is 3.23. The van der Waals surface area contributed by atoms with Crippen molar-refractivity contribution < 1.29 is 18.7 Å². The summed E-state index contributed by atoms with van der Waals surface area (Å²) in [5.41, 5.74) is 0.928. The number of nitrogens with one attached hydrogen (secondary N) is 2. The highest BCUT2D eigenvalue weighted by Gasteiger charge is 2.30. The second kappa shape index (κ2) is 6.78. The number of methoxy groups -OCH3 is 1. The van der Waals surface area contributed by atoms with Gasteiger partial charge in [-0.25, -0.2) is 4.39 Å². The van der Waals surface area contributed by atoms with E-state index in [-0.39, 0.29) is 23.3 Å². The molecule has 1 fully saturated rings. The van der Waals surface area contributed by atoms with E-state index in [4.69, 9.17) is 9.47 Å². The van der Waals surface area contributed by atoms with Crippen LogP contribution in [-0.2, 0) is 4.74 Å². The van der Waals surface area contributed by atoms with Crippen molar-refractivity contribution in [2.24, 2.45) is 5.92 Å². The number of hydrogen-bond acceptors (Lipinski definition) is 4. The van der Waals surface area contributed by atoms with Crippen molar-refractivity contribution >= 4 is 5.91 Å². The molecule has 0 bridgehead atoms. The van der Waals surface area contributed by atoms with Crippen molar-refractivity contribution in [3.8, 4) is 5.75 Å². The fraction of sp³-hybridized carbons (Fsp3) is 0.375. The number of carbonyl (C=O) groups is 1. The zero-order valence-corrected chi connectivity index (χ0v) is 12.7. The summed E-state index contributed by atoms with van der Waals surface area (Å²) in [7, 11) is 1.37. The van der Waals surface area contributed by atoms with Gasteiger partial charge in [0.2, 0.25) is 0 Å². The number of aromatic nitrogens is 2. The van der Waals surface area contributed by atoms with Crippen LogP contribution >= 0.6 is 0 Å². The molecule has 2 atom stereocenters. The van der Waals surface area contributed by atoms with Crippen LogP contribution in [0.4, 0.5) is 4.39 Å². The van der Waals surface area contributed by atoms with E-state index in [1.165, 1.54) is 19.2 Å². The first-order chi connectivity index (χ1) is 11.2. The number of aromatic amines is 1. The number of hydrogen-bond donors (Lipinski definition) is 2. The fourth-order valence-corrected chi connectivity index (χ4v) is 2.79. The molecule has 122 valence electrons. The summed E-state index contributed by atoms with van der Waals surface area (Å²) >= 11 is 0. The van der Waals surface area contributed by atoms with Crippen molar-refractivity contribution in [3.63, 3.8) is 0 Å². The average molecular weight is 319 g/mol. The van der Waals surface area contributed by atoms with Gasteiger partial charge in [0, 0.05) is 30.8 Å². The van der Waals surface area contributed by atoms with Crippen LogP contribution in [0, 0.1) is 11.7 Å². The van der Waals surface area contributed by atoms with Gasteiger partial charge >= 0.3 is 0 Å². The summed E-state index contributed by atoms with van der Waals surface area (Å²) < 4.78 is 24.7. The third-order valence-electron chi connectivity index (χ3n) is 4.01. The van der Waals surface area contributed by atoms with E-state index in [9.17, 15) is 9.18 Å². The normalized spacial score (nSPS) is 20.4. The number of carbonyl (C=O) groups excluding carboxylic acids is 1. The third-order valence-corrected chi connectivity index (χ3v) is 4.01. The molecule has 6 nitrogen and oxygen atoms in total. The topological polar surface area (TPSA) is 76.2 Å². The Morgan fingerprint density at radius 2 is 2.43 bits per heavy atom. The lowest BCUT2D eigenvalue weighted by atomic mass is 9.97. The molecule has 2 N–H and O–H groups in total. The lowest BCUT2D eigenvalue weighted by Gasteiger charge is -2.18. The first kappa shape index (κ1) is 15.5. The molecule has 1 aromatic heterocycles. The van der Waals surface area contributed by atoms with Crippen LogP contribution in [0.3, 0.4) is 0 Å². The number of rotatable bonds is 5. The van der Waals surface area contributed by atoms with Crippen molar-refractivity contribution in [2.75, 3.05) is 20.3 Å². The number of nitrogens with zero attached hydrogens (tertiary/aromatic N) is 1. The summed E-state index contributed by atoms with van der Waals surface area (Å²) in [4.78, 5) is 12.2. The molecule has 3 rings (SSSR count). The van der Waals surface area contributed by atoms with E-state index in [0.717, 1.165) is 12.0 Å². The second-order valence-corrected chi connectivity index (χ2v) is 5.40. The number of benzene rings is 1. The van der Waals surface area contributed by atoms with Gasteiger partial charge in [-0.1, -0.05) is 6.07 Å². The van der Waals surface area contributed by atoms with E-state index in [1.54, 1.807) is 18.5 Å². The third kappa shape index (κ3) is 3.19. The lowest BCUT2D eigenvalue weighted by molar-refractivity contribution is 0.0844. The minimum atomic E-state index is -0.651. The molecule has 23 heavy (non-hydrogen) atoms. The lowest BCUT2D eigenvalue weighted by Crippen LogP contribution is -2.31. The number of ether oxygens (including phenoxy) is 2. The maximum absolute atomic E-state index is 14.1. The molecule has 0 saturated carbocycles. The Bertz CT molecular complexity index is 675. The van der Waals surface area contributed by atoms with Crippen LogP contribution in [0.2, 0.25) is 0 Å². The highest BCUT2D eigenvalue weighted by atomic mass is 19.1. The molecule has 0 spiro atoms. The summed E-state index contributed by atoms with van der Waals surface area (Å²) in [6.45, 7) is 1.04. The summed E-state index contributed by atoms with van der Waals surface area (Å²) in [6.07, 6.45) is 4.22. The Kier molecular flexibility index (Phi) is 4.57. The van der Waals surface area contributed by atoms with E-state index in [1.807, 2.05) is 0 Å². The van der Waals surface area contributed by atoms with Crippen LogP contribution in [0.1, 0.15) is 28.4 Å². The molecule has 1 amide bonds. The van der Waals surface area contributed by atoms with Gasteiger partial charge in [0.25, 0.3) is 5.91 Å². The smallest absolute Gasteiger partial charge is 0.254 e. The Morgan fingerprint density at radius 3 is 3.17 bits per heavy atom. The number of amides is 1. The molecule has 0 aliphatic carbocycles. The largest absolute Gasteiger partial charge is 0.494 e. The minimum absolute atomic E-state index is 0.0249. The maximum Gasteiger partial charge on any atom is 0.254 e. The summed E-state index contributed by atoms with van der Waals surface area (Å²) in [6, 6.07) is 4.50. The highest BCUT2D eigenvalue weighted by molar-refractivity contribution is 5.94. The molecule has 1 saturated heterocycles. The Labute approximate surface area is 133 Å². The Balaban J connectivity index is 1.65. The van der Waals surface area contributed by atoms with Gasteiger partial charge in [-0.15, -0.1) is 0 Å². The quantitative estimate of drug-likeness (QED) is 0.884. The Morgan fingerprint density at radius 1 is 1.57 bits per heavy atom. The van der Waals surface area contributed by atoms with Gasteiger partial charge in [-0.2, -0.15) is 5.10 Å². The molecule has 2 aromatic rings. The molecule has 2 heterocycles. The van der Waals surface area contributed by atoms with E-state index in [0.29, 0.717) is 13.2 Å². The minimum Gasteiger partial charge on any atom is -0.494 e. The molecule has 0 unspecified atom stereocenters. The van der Waals surface area contributed by atoms with Gasteiger partial charge in [0.1, 0.15) is 0 Å². The van der Waals surface area contributed by atoms with Crippen molar-refractivity contribution in [1.82, 2.24) is 15.5 Å². The molecular formula is C16H18FN3O3. The van der Waals surface area contributed by atoms with Crippen LogP contribution in [0.25, 0.3) is 0 Å². The zero-order chi connectivity index (χ0) is 16.2. The SMILES string of the molecule is COc1cccc(C(=O)NC[C@H]2CCO[C@@H]2c2cn[nH]c2)c1F. The first-order valence-electron chi connectivity index (χ1n) is 7.41. The van der Waals surface area contributed by atoms with Gasteiger partial charge in [0.05, 0.1) is 25.0 Å². The molecule has 1 aliphatic rings. The predicted octanol–water partition coefficient (Wildman–Crippen LogP) is 2.06. The van der Waals surface area contributed by atoms with Gasteiger partial charge < -0.3 is 14.8 Å². The number of halogens is 1. The molecular weight excluding hydrogens is 301 g/mol. The van der Waals surface area contributed by atoms with Crippen LogP contribution in [0.5, 0.6) is 5.75 Å². The predicted molar refractivity (Wildman–Crippen MR) is 80.7 cm³/mol. The Hall–Kier alpha value is -2.41. The van der Waals surface area contributed by atoms with E-state index < -0.39 is 11.7 Å².